The van der Waals surface area contributed by atoms with Crippen molar-refractivity contribution in [1.82, 2.24) is 19.3 Å². The topological polar surface area (TPSA) is 70.7 Å². The van der Waals surface area contributed by atoms with Crippen LogP contribution in [0.3, 0.4) is 0 Å². The van der Waals surface area contributed by atoms with Gasteiger partial charge in [-0.05, 0) is 25.8 Å². The van der Waals surface area contributed by atoms with Crippen LogP contribution < -0.4 is 0 Å². The summed E-state index contributed by atoms with van der Waals surface area (Å²) in [6.07, 6.45) is 2.00. The number of fused-ring (bicyclic) bond motifs is 1. The predicted octanol–water partition coefficient (Wildman–Crippen LogP) is 1.50. The highest BCUT2D eigenvalue weighted by atomic mass is 16.4. The van der Waals surface area contributed by atoms with Crippen LogP contribution in [0.5, 0.6) is 0 Å². The second kappa shape index (κ2) is 5.11. The van der Waals surface area contributed by atoms with E-state index in [9.17, 15) is 9.90 Å². The molecule has 1 saturated heterocycles. The number of aryl methyl sites for hydroxylation is 2. The maximum atomic E-state index is 11.2. The number of carbonyl (C=O) groups is 1. The number of imidazole rings is 1. The Bertz CT molecular complexity index is 694. The van der Waals surface area contributed by atoms with E-state index in [1.807, 2.05) is 37.4 Å². The van der Waals surface area contributed by atoms with Crippen LogP contribution in [0.1, 0.15) is 24.0 Å². The Hall–Kier alpha value is -1.95. The highest BCUT2D eigenvalue weighted by Crippen LogP contribution is 2.24. The zero-order valence-electron chi connectivity index (χ0n) is 12.6. The molecule has 21 heavy (non-hydrogen) atoms. The molecule has 112 valence electrons. The number of carboxylic acid groups (broad SMARTS) is 1. The van der Waals surface area contributed by atoms with Crippen molar-refractivity contribution in [3.8, 4) is 0 Å². The van der Waals surface area contributed by atoms with E-state index in [1.165, 1.54) is 0 Å². The second-order valence-electron chi connectivity index (χ2n) is 6.06. The molecule has 1 aliphatic heterocycles. The Morgan fingerprint density at radius 1 is 1.38 bits per heavy atom. The highest BCUT2D eigenvalue weighted by Gasteiger charge is 2.34. The summed E-state index contributed by atoms with van der Waals surface area (Å²) < 4.78 is 1.98. The second-order valence-corrected chi connectivity index (χ2v) is 6.06. The summed E-state index contributed by atoms with van der Waals surface area (Å²) in [5, 5.41) is 9.19. The summed E-state index contributed by atoms with van der Waals surface area (Å²) in [6.45, 7) is 8.06. The van der Waals surface area contributed by atoms with Crippen molar-refractivity contribution in [3.63, 3.8) is 0 Å². The van der Waals surface area contributed by atoms with Crippen molar-refractivity contribution in [2.75, 3.05) is 13.1 Å². The Kier molecular flexibility index (Phi) is 3.41. The van der Waals surface area contributed by atoms with Crippen LogP contribution in [-0.2, 0) is 11.3 Å². The molecule has 0 spiro atoms. The zero-order valence-corrected chi connectivity index (χ0v) is 12.6. The summed E-state index contributed by atoms with van der Waals surface area (Å²) in [7, 11) is 0. The monoisotopic (exact) mass is 288 g/mol. The van der Waals surface area contributed by atoms with Gasteiger partial charge in [-0.15, -0.1) is 0 Å². The molecule has 3 rings (SSSR count). The van der Waals surface area contributed by atoms with E-state index >= 15 is 0 Å². The molecule has 1 fully saturated rings. The van der Waals surface area contributed by atoms with E-state index in [0.717, 1.165) is 23.6 Å². The third-order valence-corrected chi connectivity index (χ3v) is 4.20. The summed E-state index contributed by atoms with van der Waals surface area (Å²) in [5.74, 6) is -0.0801. The molecule has 0 amide bonds. The summed E-state index contributed by atoms with van der Waals surface area (Å²) in [6, 6.07) is 2.02. The Morgan fingerprint density at radius 2 is 2.14 bits per heavy atom. The van der Waals surface area contributed by atoms with E-state index in [2.05, 4.69) is 14.9 Å². The van der Waals surface area contributed by atoms with E-state index < -0.39 is 5.97 Å². The van der Waals surface area contributed by atoms with Crippen molar-refractivity contribution in [1.29, 1.82) is 0 Å². The van der Waals surface area contributed by atoms with Crippen LogP contribution in [0.4, 0.5) is 0 Å². The molecular weight excluding hydrogens is 268 g/mol. The smallest absolute Gasteiger partial charge is 0.308 e. The zero-order chi connectivity index (χ0) is 15.1. The van der Waals surface area contributed by atoms with Crippen LogP contribution in [0.15, 0.2) is 12.3 Å². The average Bonchev–Trinajstić information content (AvgIpc) is 2.93. The fourth-order valence-corrected chi connectivity index (χ4v) is 3.14. The summed E-state index contributed by atoms with van der Waals surface area (Å²) >= 11 is 0. The number of nitrogens with zero attached hydrogens (tertiary/aromatic N) is 4. The third-order valence-electron chi connectivity index (χ3n) is 4.20. The molecule has 0 saturated carbocycles. The van der Waals surface area contributed by atoms with Crippen molar-refractivity contribution in [3.05, 3.63) is 29.3 Å². The lowest BCUT2D eigenvalue weighted by molar-refractivity contribution is -0.142. The molecule has 2 aromatic heterocycles. The summed E-state index contributed by atoms with van der Waals surface area (Å²) in [5.41, 5.74) is 3.00. The lowest BCUT2D eigenvalue weighted by Gasteiger charge is -2.12. The number of hydrogen-bond donors (Lipinski definition) is 1. The number of aliphatic carboxylic acids is 1. The van der Waals surface area contributed by atoms with E-state index in [0.29, 0.717) is 18.9 Å². The molecule has 6 nitrogen and oxygen atoms in total. The molecule has 3 heterocycles. The molecule has 0 radical (unpaired) electrons. The van der Waals surface area contributed by atoms with Crippen molar-refractivity contribution < 1.29 is 9.90 Å². The minimum atomic E-state index is -0.701. The molecule has 2 aromatic rings. The first-order chi connectivity index (χ1) is 9.94. The minimum Gasteiger partial charge on any atom is -0.481 e. The van der Waals surface area contributed by atoms with Gasteiger partial charge in [0.05, 0.1) is 11.6 Å². The quantitative estimate of drug-likeness (QED) is 0.926. The third kappa shape index (κ3) is 2.63. The van der Waals surface area contributed by atoms with Gasteiger partial charge < -0.3 is 5.11 Å². The highest BCUT2D eigenvalue weighted by molar-refractivity contribution is 5.71. The molecule has 0 aliphatic carbocycles. The standard InChI is InChI=1S/C15H20N4O2/c1-9-5-18(8-13(9)14(20)21)6-12-7-19-11(3)4-10(2)16-15(19)17-12/h4,7,9,13H,5-6,8H2,1-3H3,(H,20,21)/t9-,13-/m1/s1. The number of aromatic nitrogens is 3. The van der Waals surface area contributed by atoms with Crippen LogP contribution >= 0.6 is 0 Å². The maximum absolute atomic E-state index is 11.2. The van der Waals surface area contributed by atoms with Gasteiger partial charge in [0.15, 0.2) is 0 Å². The molecule has 1 aliphatic rings. The molecule has 2 atom stereocenters. The number of carboxylic acids is 1. The first kappa shape index (κ1) is 14.0. The normalized spacial score (nSPS) is 23.0. The lowest BCUT2D eigenvalue weighted by atomic mass is 9.99. The Labute approximate surface area is 123 Å². The van der Waals surface area contributed by atoms with E-state index in [-0.39, 0.29) is 11.8 Å². The number of hydrogen-bond acceptors (Lipinski definition) is 4. The molecule has 0 bridgehead atoms. The van der Waals surface area contributed by atoms with Gasteiger partial charge in [-0.2, -0.15) is 0 Å². The average molecular weight is 288 g/mol. The van der Waals surface area contributed by atoms with Gasteiger partial charge in [0.25, 0.3) is 0 Å². The van der Waals surface area contributed by atoms with Gasteiger partial charge in [-0.3, -0.25) is 14.1 Å². The predicted molar refractivity (Wildman–Crippen MR) is 78.0 cm³/mol. The van der Waals surface area contributed by atoms with Crippen LogP contribution in [-0.4, -0.2) is 43.4 Å². The molecule has 6 heteroatoms. The maximum Gasteiger partial charge on any atom is 0.308 e. The van der Waals surface area contributed by atoms with Gasteiger partial charge in [-0.25, -0.2) is 9.97 Å². The van der Waals surface area contributed by atoms with Gasteiger partial charge in [0, 0.05) is 37.2 Å². The molecule has 0 aromatic carbocycles. The fraction of sp³-hybridized carbons (Fsp3) is 0.533. The van der Waals surface area contributed by atoms with Crippen molar-refractivity contribution in [2.45, 2.75) is 27.3 Å². The van der Waals surface area contributed by atoms with Gasteiger partial charge in [0.2, 0.25) is 5.78 Å². The molecular formula is C15H20N4O2. The van der Waals surface area contributed by atoms with Gasteiger partial charge >= 0.3 is 5.97 Å². The van der Waals surface area contributed by atoms with Crippen molar-refractivity contribution >= 4 is 11.7 Å². The van der Waals surface area contributed by atoms with Crippen LogP contribution in [0, 0.1) is 25.7 Å². The number of likely N-dealkylation sites (tertiary alicyclic amines) is 1. The van der Waals surface area contributed by atoms with Gasteiger partial charge in [-0.1, -0.05) is 6.92 Å². The first-order valence-electron chi connectivity index (χ1n) is 7.21. The SMILES string of the molecule is Cc1cc(C)n2cc(CN3C[C@@H](C)[C@H](C(=O)O)C3)nc2n1. The Morgan fingerprint density at radius 3 is 2.81 bits per heavy atom. The Balaban J connectivity index is 1.80. The van der Waals surface area contributed by atoms with Crippen LogP contribution in [0.2, 0.25) is 0 Å². The largest absolute Gasteiger partial charge is 0.481 e. The first-order valence-corrected chi connectivity index (χ1v) is 7.21. The van der Waals surface area contributed by atoms with E-state index in [4.69, 9.17) is 0 Å². The summed E-state index contributed by atoms with van der Waals surface area (Å²) in [4.78, 5) is 22.3. The van der Waals surface area contributed by atoms with Crippen LogP contribution in [0.25, 0.3) is 5.78 Å². The lowest BCUT2D eigenvalue weighted by Crippen LogP contribution is -2.23. The van der Waals surface area contributed by atoms with Gasteiger partial charge in [0.1, 0.15) is 0 Å². The molecule has 0 unspecified atom stereocenters. The number of rotatable bonds is 3. The van der Waals surface area contributed by atoms with Crippen molar-refractivity contribution in [2.24, 2.45) is 11.8 Å². The minimum absolute atomic E-state index is 0.182. The van der Waals surface area contributed by atoms with E-state index in [1.54, 1.807) is 0 Å². The molecule has 1 N–H and O–H groups in total. The fourth-order valence-electron chi connectivity index (χ4n) is 3.14.